The van der Waals surface area contributed by atoms with E-state index in [-0.39, 0.29) is 19.8 Å². The first kappa shape index (κ1) is 31.7. The topological polar surface area (TPSA) is 110 Å². The van der Waals surface area contributed by atoms with Crippen LogP contribution in [0.25, 0.3) is 11.1 Å². The number of halogens is 1. The molecule has 232 valence electrons. The molecule has 1 heterocycles. The molecule has 4 aromatic carbocycles. The maximum Gasteiger partial charge on any atom is 0.320 e. The predicted octanol–water partition coefficient (Wildman–Crippen LogP) is 7.46. The summed E-state index contributed by atoms with van der Waals surface area (Å²) in [5, 5.41) is 22.4. The number of benzene rings is 4. The predicted molar refractivity (Wildman–Crippen MR) is 172 cm³/mol. The molecule has 1 aliphatic heterocycles. The molecule has 0 aliphatic carbocycles. The van der Waals surface area contributed by atoms with Crippen LogP contribution in [0.15, 0.2) is 72.8 Å². The first-order valence-corrected chi connectivity index (χ1v) is 15.3. The van der Waals surface area contributed by atoms with Crippen molar-refractivity contribution in [2.75, 3.05) is 13.2 Å². The third-order valence-electron chi connectivity index (χ3n) is 7.66. The Hall–Kier alpha value is -4.71. The monoisotopic (exact) mass is 626 g/mol. The highest BCUT2D eigenvalue weighted by Crippen LogP contribution is 2.37. The van der Waals surface area contributed by atoms with Crippen LogP contribution in [-0.2, 0) is 24.6 Å². The molecule has 8 nitrogen and oxygen atoms in total. The van der Waals surface area contributed by atoms with Crippen LogP contribution in [0.2, 0.25) is 5.02 Å². The van der Waals surface area contributed by atoms with Gasteiger partial charge in [-0.25, -0.2) is 0 Å². The number of nitrogens with zero attached hydrogens (tertiary/aromatic N) is 1. The summed E-state index contributed by atoms with van der Waals surface area (Å²) in [6, 6.07) is 24.1. The number of fused-ring (bicyclic) bond motifs is 1. The smallest absolute Gasteiger partial charge is 0.320 e. The molecule has 9 heteroatoms. The molecule has 1 aliphatic rings. The Balaban J connectivity index is 1.37. The largest absolute Gasteiger partial charge is 0.488 e. The maximum absolute atomic E-state index is 11.7. The summed E-state index contributed by atoms with van der Waals surface area (Å²) in [4.78, 5) is 11.7. The van der Waals surface area contributed by atoms with E-state index in [1.807, 2.05) is 43.3 Å². The van der Waals surface area contributed by atoms with Gasteiger partial charge in [0.1, 0.15) is 44.0 Å². The summed E-state index contributed by atoms with van der Waals surface area (Å²) in [5.74, 6) is 1.51. The van der Waals surface area contributed by atoms with Crippen molar-refractivity contribution in [3.05, 3.63) is 106 Å². The summed E-state index contributed by atoms with van der Waals surface area (Å²) in [7, 11) is 0. The van der Waals surface area contributed by atoms with E-state index in [0.29, 0.717) is 47.3 Å². The van der Waals surface area contributed by atoms with Gasteiger partial charge in [-0.15, -0.1) is 0 Å². The molecule has 0 saturated heterocycles. The SMILES string of the molecule is CCC[C@H](NCc1cc(Cl)c(OCc2cccc(-c3ccc4c(c3)OCCO4)c2C)cc1OCc1cccc(C#N)c1)C(=O)O. The molecule has 0 unspecified atom stereocenters. The molecule has 2 N–H and O–H groups in total. The Labute approximate surface area is 268 Å². The maximum atomic E-state index is 11.7. The van der Waals surface area contributed by atoms with Crippen LogP contribution in [-0.4, -0.2) is 30.3 Å². The summed E-state index contributed by atoms with van der Waals surface area (Å²) in [6.07, 6.45) is 1.22. The average Bonchev–Trinajstić information content (AvgIpc) is 3.05. The highest BCUT2D eigenvalue weighted by atomic mass is 35.5. The summed E-state index contributed by atoms with van der Waals surface area (Å²) in [5.41, 5.74) is 6.20. The van der Waals surface area contributed by atoms with E-state index in [0.717, 1.165) is 45.7 Å². The fourth-order valence-electron chi connectivity index (χ4n) is 5.20. The Morgan fingerprint density at radius 1 is 0.978 bits per heavy atom. The fraction of sp³-hybridized carbons (Fsp3) is 0.278. The Morgan fingerprint density at radius 2 is 1.76 bits per heavy atom. The second-order valence-electron chi connectivity index (χ2n) is 10.8. The second-order valence-corrected chi connectivity index (χ2v) is 11.2. The van der Waals surface area contributed by atoms with Crippen LogP contribution in [0.1, 0.15) is 47.6 Å². The van der Waals surface area contributed by atoms with E-state index in [9.17, 15) is 15.2 Å². The van der Waals surface area contributed by atoms with Gasteiger partial charge in [0.05, 0.1) is 16.7 Å². The van der Waals surface area contributed by atoms with Crippen LogP contribution >= 0.6 is 11.6 Å². The molecule has 0 spiro atoms. The zero-order valence-electron chi connectivity index (χ0n) is 25.3. The summed E-state index contributed by atoms with van der Waals surface area (Å²) < 4.78 is 23.9. The number of hydrogen-bond acceptors (Lipinski definition) is 7. The van der Waals surface area contributed by atoms with Gasteiger partial charge < -0.3 is 29.4 Å². The first-order valence-electron chi connectivity index (χ1n) is 14.9. The van der Waals surface area contributed by atoms with Crippen LogP contribution in [0.3, 0.4) is 0 Å². The molecule has 0 aromatic heterocycles. The van der Waals surface area contributed by atoms with Crippen LogP contribution in [0.5, 0.6) is 23.0 Å². The van der Waals surface area contributed by atoms with Crippen molar-refractivity contribution < 1.29 is 28.8 Å². The second kappa shape index (κ2) is 14.8. The van der Waals surface area contributed by atoms with Gasteiger partial charge in [-0.3, -0.25) is 4.79 Å². The van der Waals surface area contributed by atoms with Gasteiger partial charge in [-0.1, -0.05) is 61.3 Å². The third kappa shape index (κ3) is 7.88. The number of carboxylic acids is 1. The van der Waals surface area contributed by atoms with Crippen molar-refractivity contribution in [3.8, 4) is 40.2 Å². The molecule has 0 amide bonds. The molecule has 1 atom stereocenters. The van der Waals surface area contributed by atoms with Gasteiger partial charge in [0, 0.05) is 18.2 Å². The number of aliphatic carboxylic acids is 1. The average molecular weight is 627 g/mol. The molecule has 0 fully saturated rings. The number of ether oxygens (including phenoxy) is 4. The van der Waals surface area contributed by atoms with Crippen molar-refractivity contribution in [2.45, 2.75) is 52.5 Å². The minimum Gasteiger partial charge on any atom is -0.488 e. The Bertz CT molecular complexity index is 1720. The zero-order chi connectivity index (χ0) is 31.8. The number of nitriles is 1. The van der Waals surface area contributed by atoms with Gasteiger partial charge >= 0.3 is 5.97 Å². The van der Waals surface area contributed by atoms with Crippen molar-refractivity contribution in [3.63, 3.8) is 0 Å². The van der Waals surface area contributed by atoms with E-state index in [4.69, 9.17) is 30.5 Å². The zero-order valence-corrected chi connectivity index (χ0v) is 26.0. The molecule has 0 bridgehead atoms. The molecule has 45 heavy (non-hydrogen) atoms. The normalized spacial score (nSPS) is 12.7. The lowest BCUT2D eigenvalue weighted by Gasteiger charge is -2.20. The van der Waals surface area contributed by atoms with E-state index in [1.54, 1.807) is 30.3 Å². The van der Waals surface area contributed by atoms with Gasteiger partial charge in [0.25, 0.3) is 0 Å². The number of rotatable bonds is 13. The number of nitrogens with one attached hydrogen (secondary N) is 1. The number of carboxylic acid groups (broad SMARTS) is 1. The van der Waals surface area contributed by atoms with Crippen LogP contribution in [0.4, 0.5) is 0 Å². The summed E-state index contributed by atoms with van der Waals surface area (Å²) >= 11 is 6.71. The van der Waals surface area contributed by atoms with Crippen LogP contribution < -0.4 is 24.3 Å². The minimum atomic E-state index is -0.910. The molecule has 5 rings (SSSR count). The highest BCUT2D eigenvalue weighted by Gasteiger charge is 2.19. The van der Waals surface area contributed by atoms with E-state index in [1.165, 1.54) is 0 Å². The Morgan fingerprint density at radius 3 is 2.53 bits per heavy atom. The molecular formula is C36H35ClN2O6. The van der Waals surface area contributed by atoms with Crippen molar-refractivity contribution in [1.82, 2.24) is 5.32 Å². The van der Waals surface area contributed by atoms with E-state index < -0.39 is 12.0 Å². The van der Waals surface area contributed by atoms with Gasteiger partial charge in [0.2, 0.25) is 0 Å². The van der Waals surface area contributed by atoms with E-state index in [2.05, 4.69) is 24.4 Å². The van der Waals surface area contributed by atoms with E-state index >= 15 is 0 Å². The first-order chi connectivity index (χ1) is 21.9. The van der Waals surface area contributed by atoms with Crippen molar-refractivity contribution in [1.29, 1.82) is 5.26 Å². The van der Waals surface area contributed by atoms with Crippen molar-refractivity contribution in [2.24, 2.45) is 0 Å². The molecule has 0 saturated carbocycles. The minimum absolute atomic E-state index is 0.206. The fourth-order valence-corrected chi connectivity index (χ4v) is 5.45. The summed E-state index contributed by atoms with van der Waals surface area (Å²) in [6.45, 7) is 5.77. The van der Waals surface area contributed by atoms with Gasteiger partial charge in [0.15, 0.2) is 11.5 Å². The molecule has 4 aromatic rings. The van der Waals surface area contributed by atoms with Crippen molar-refractivity contribution >= 4 is 17.6 Å². The van der Waals surface area contributed by atoms with Gasteiger partial charge in [-0.05, 0) is 71.5 Å². The lowest BCUT2D eigenvalue weighted by atomic mass is 9.96. The lowest BCUT2D eigenvalue weighted by molar-refractivity contribution is -0.139. The van der Waals surface area contributed by atoms with Crippen LogP contribution in [0, 0.1) is 18.3 Å². The quantitative estimate of drug-likeness (QED) is 0.157. The lowest BCUT2D eigenvalue weighted by Crippen LogP contribution is -2.36. The Kier molecular flexibility index (Phi) is 10.5. The highest BCUT2D eigenvalue weighted by molar-refractivity contribution is 6.32. The third-order valence-corrected chi connectivity index (χ3v) is 7.96. The van der Waals surface area contributed by atoms with Gasteiger partial charge in [-0.2, -0.15) is 5.26 Å². The standard InChI is InChI=1S/C36H35ClN2O6/c1-3-6-31(36(40)41)39-20-28-16-30(37)34(18-33(28)44-21-25-8-4-7-24(15-25)19-38)45-22-27-9-5-10-29(23(27)2)26-11-12-32-35(17-26)43-14-13-42-32/h4-5,7-12,15-18,31,39H,3,6,13-14,20-22H2,1-2H3,(H,40,41)/t31-/m0/s1. The molecular weight excluding hydrogens is 592 g/mol. The molecule has 0 radical (unpaired) electrons. The number of hydrogen-bond donors (Lipinski definition) is 2. The number of carbonyl (C=O) groups is 1.